The van der Waals surface area contributed by atoms with Crippen molar-refractivity contribution in [3.63, 3.8) is 0 Å². The van der Waals surface area contributed by atoms with Crippen LogP contribution in [0.2, 0.25) is 6.55 Å². The molecular weight excluding hydrogens is 478 g/mol. The number of benzene rings is 2. The van der Waals surface area contributed by atoms with E-state index in [4.69, 9.17) is 0 Å². The Morgan fingerprint density at radius 3 is 1.82 bits per heavy atom. The molecule has 4 heteroatoms. The van der Waals surface area contributed by atoms with Gasteiger partial charge in [0.2, 0.25) is 0 Å². The van der Waals surface area contributed by atoms with Crippen molar-refractivity contribution in [1.82, 2.24) is 0 Å². The molecule has 0 saturated heterocycles. The average Bonchev–Trinajstić information content (AvgIpc) is 3.29. The molecule has 0 aliphatic heterocycles. The van der Waals surface area contributed by atoms with E-state index in [9.17, 15) is 0 Å². The predicted octanol–water partition coefficient (Wildman–Crippen LogP) is 0.411. The van der Waals surface area contributed by atoms with Crippen LogP contribution in [0.25, 0.3) is 11.1 Å². The van der Waals surface area contributed by atoms with Crippen molar-refractivity contribution in [3.8, 4) is 11.1 Å². The first-order valence-corrected chi connectivity index (χ1v) is 20.1. The summed E-state index contributed by atoms with van der Waals surface area (Å²) in [5, 5.41) is 0. The van der Waals surface area contributed by atoms with Crippen molar-refractivity contribution in [2.24, 2.45) is 5.92 Å². The molecule has 0 spiro atoms. The van der Waals surface area contributed by atoms with Gasteiger partial charge in [0.1, 0.15) is 0 Å². The van der Waals surface area contributed by atoms with Gasteiger partial charge in [0.05, 0.1) is 0 Å². The van der Waals surface area contributed by atoms with Crippen LogP contribution in [0.4, 0.5) is 0 Å². The van der Waals surface area contributed by atoms with Crippen LogP contribution in [0.3, 0.4) is 0 Å². The minimum absolute atomic E-state index is 0. The van der Waals surface area contributed by atoms with Gasteiger partial charge in [0.15, 0.2) is 0 Å². The molecule has 0 radical (unpaired) electrons. The standard InChI is InChI=1S/C13H9.C8H11.C2H6.CH5Si.2ClH.Zr/c1-3-7-12-10(5-1)9-11-6-2-4-8-13(11)12;1-7(2)8-5-3-4-6-8;2*1-2;;;/h1-9H;5-7H,3H2,1-2H3;1-2H3;2H2,1H3;2*1H;/q;;;;;;+2/p-2. The van der Waals surface area contributed by atoms with Gasteiger partial charge in [0, 0.05) is 0 Å². The van der Waals surface area contributed by atoms with Crippen molar-refractivity contribution in [1.29, 1.82) is 0 Å². The van der Waals surface area contributed by atoms with Crippen LogP contribution in [-0.2, 0) is 20.9 Å². The fourth-order valence-corrected chi connectivity index (χ4v) is 21.4. The van der Waals surface area contributed by atoms with E-state index < -0.39 is 20.9 Å². The van der Waals surface area contributed by atoms with E-state index in [1.807, 2.05) is 17.1 Å². The van der Waals surface area contributed by atoms with Crippen LogP contribution in [0.15, 0.2) is 69.5 Å². The number of halogens is 2. The van der Waals surface area contributed by atoms with Crippen molar-refractivity contribution >= 4 is 6.65 Å². The van der Waals surface area contributed by atoms with Crippen LogP contribution in [-0.4, -0.2) is 6.65 Å². The van der Waals surface area contributed by atoms with Gasteiger partial charge in [-0.05, 0) is 0 Å². The van der Waals surface area contributed by atoms with Crippen molar-refractivity contribution in [2.75, 3.05) is 0 Å². The first kappa shape index (κ1) is 25.6. The maximum Gasteiger partial charge on any atom is -1.00 e. The third-order valence-corrected chi connectivity index (χ3v) is 23.1. The van der Waals surface area contributed by atoms with Gasteiger partial charge in [-0.1, -0.05) is 13.8 Å². The molecule has 2 aliphatic carbocycles. The van der Waals surface area contributed by atoms with Crippen LogP contribution in [0, 0.1) is 5.92 Å². The van der Waals surface area contributed by atoms with Gasteiger partial charge in [-0.15, -0.1) is 0 Å². The Morgan fingerprint density at radius 1 is 0.893 bits per heavy atom. The van der Waals surface area contributed by atoms with Gasteiger partial charge < -0.3 is 24.8 Å². The number of hydrogen-bond acceptors (Lipinski definition) is 0. The van der Waals surface area contributed by atoms with Gasteiger partial charge in [-0.2, -0.15) is 0 Å². The molecule has 4 rings (SSSR count). The smallest absolute Gasteiger partial charge is 1.00 e. The topological polar surface area (TPSA) is 0 Å². The summed E-state index contributed by atoms with van der Waals surface area (Å²) < 4.78 is 2.65. The average molecular weight is 510 g/mol. The summed E-state index contributed by atoms with van der Waals surface area (Å²) >= 11 is -1.62. The number of hydrogen-bond donors (Lipinski definition) is 0. The molecule has 0 fully saturated rings. The minimum atomic E-state index is -1.62. The molecule has 0 heterocycles. The molecule has 0 saturated carbocycles. The second-order valence-corrected chi connectivity index (χ2v) is 23.2. The van der Waals surface area contributed by atoms with Crippen LogP contribution in [0.1, 0.15) is 48.9 Å². The Bertz CT molecular complexity index is 797. The molecule has 0 atom stereocenters. The first-order chi connectivity index (χ1) is 12.7. The maximum atomic E-state index is 2.61. The monoisotopic (exact) mass is 507 g/mol. The van der Waals surface area contributed by atoms with E-state index in [-0.39, 0.29) is 31.5 Å². The molecule has 2 aromatic rings. The Hall–Kier alpha value is -0.400. The Labute approximate surface area is 193 Å². The molecule has 28 heavy (non-hydrogen) atoms. The van der Waals surface area contributed by atoms with E-state index in [2.05, 4.69) is 81.1 Å². The summed E-state index contributed by atoms with van der Waals surface area (Å²) in [5.74, 6) is 0.675. The summed E-state index contributed by atoms with van der Waals surface area (Å²) in [6.07, 6.45) is 6.38. The summed E-state index contributed by atoms with van der Waals surface area (Å²) in [5.41, 5.74) is 7.89. The van der Waals surface area contributed by atoms with E-state index in [1.54, 1.807) is 16.7 Å². The largest absolute Gasteiger partial charge is 1.00 e. The van der Waals surface area contributed by atoms with E-state index in [0.29, 0.717) is 5.92 Å². The van der Waals surface area contributed by atoms with E-state index in [1.165, 1.54) is 17.5 Å². The van der Waals surface area contributed by atoms with Crippen molar-refractivity contribution in [3.05, 3.63) is 80.7 Å². The fourth-order valence-electron chi connectivity index (χ4n) is 4.32. The third kappa shape index (κ3) is 4.84. The molecule has 0 bridgehead atoms. The molecule has 0 unspecified atom stereocenters. The third-order valence-electron chi connectivity index (χ3n) is 5.54. The van der Waals surface area contributed by atoms with Crippen LogP contribution < -0.4 is 24.8 Å². The zero-order chi connectivity index (χ0) is 18.7. The van der Waals surface area contributed by atoms with Crippen LogP contribution >= 0.6 is 0 Å². The zero-order valence-electron chi connectivity index (χ0n) is 17.6. The SMILES string of the molecule is CC.C[SiH2][Zr+2]([C]1=CC(C(C)C)=CC1)[CH]1c2ccccc2-c2ccccc21.[Cl-].[Cl-]. The van der Waals surface area contributed by atoms with Crippen molar-refractivity contribution in [2.45, 2.75) is 44.3 Å². The maximum absolute atomic E-state index is 2.61. The zero-order valence-corrected chi connectivity index (χ0v) is 23.0. The van der Waals surface area contributed by atoms with Crippen LogP contribution in [0.5, 0.6) is 0 Å². The molecule has 0 amide bonds. The second kappa shape index (κ2) is 11.7. The Morgan fingerprint density at radius 2 is 1.39 bits per heavy atom. The predicted molar refractivity (Wildman–Crippen MR) is 115 cm³/mol. The summed E-state index contributed by atoms with van der Waals surface area (Å²) in [7, 11) is 0. The molecule has 2 aromatic carbocycles. The first-order valence-electron chi connectivity index (χ1n) is 10.2. The normalized spacial score (nSPS) is 14.4. The summed E-state index contributed by atoms with van der Waals surface area (Å²) in [6, 6.07) is 18.4. The van der Waals surface area contributed by atoms with Gasteiger partial charge in [-0.3, -0.25) is 0 Å². The number of fused-ring (bicyclic) bond motifs is 3. The molecule has 0 nitrogen and oxygen atoms in total. The molecule has 0 N–H and O–H groups in total. The summed E-state index contributed by atoms with van der Waals surface area (Å²) in [6.45, 7) is 11.3. The Balaban J connectivity index is 0.000000950. The summed E-state index contributed by atoms with van der Waals surface area (Å²) in [4.78, 5) is 0. The fraction of sp³-hybridized carbons (Fsp3) is 0.333. The molecule has 149 valence electrons. The molecule has 2 aliphatic rings. The van der Waals surface area contributed by atoms with Crippen molar-refractivity contribution < 1.29 is 45.7 Å². The second-order valence-electron chi connectivity index (χ2n) is 7.22. The minimum Gasteiger partial charge on any atom is -1.00 e. The van der Waals surface area contributed by atoms with Gasteiger partial charge in [-0.25, -0.2) is 0 Å². The van der Waals surface area contributed by atoms with Gasteiger partial charge >= 0.3 is 156 Å². The van der Waals surface area contributed by atoms with E-state index in [0.717, 1.165) is 3.63 Å². The number of rotatable bonds is 4. The van der Waals surface area contributed by atoms with Gasteiger partial charge in [0.25, 0.3) is 0 Å². The molecular formula is C24H31Cl2SiZr. The molecule has 0 aromatic heterocycles. The quantitative estimate of drug-likeness (QED) is 0.524. The van der Waals surface area contributed by atoms with E-state index >= 15 is 0 Å². The Kier molecular flexibility index (Phi) is 10.7. The number of allylic oxidation sites excluding steroid dienone is 4.